The van der Waals surface area contributed by atoms with Crippen LogP contribution in [-0.2, 0) is 0 Å². The van der Waals surface area contributed by atoms with Crippen LogP contribution >= 0.6 is 0 Å². The molecular formula is C19H18FN5O2. The van der Waals surface area contributed by atoms with Crippen LogP contribution in [0.4, 0.5) is 4.39 Å². The Kier molecular flexibility index (Phi) is 4.10. The van der Waals surface area contributed by atoms with Crippen LogP contribution in [0.2, 0.25) is 0 Å². The van der Waals surface area contributed by atoms with Gasteiger partial charge in [-0.3, -0.25) is 4.79 Å². The van der Waals surface area contributed by atoms with Gasteiger partial charge in [-0.05, 0) is 44.2 Å². The summed E-state index contributed by atoms with van der Waals surface area (Å²) in [6.45, 7) is 3.87. The monoisotopic (exact) mass is 367 g/mol. The lowest BCUT2D eigenvalue weighted by molar-refractivity contribution is 0.0616. The Bertz CT molecular complexity index is 988. The van der Waals surface area contributed by atoms with E-state index in [1.165, 1.54) is 29.5 Å². The molecule has 4 rings (SSSR count). The van der Waals surface area contributed by atoms with Crippen LogP contribution in [0.3, 0.4) is 0 Å². The summed E-state index contributed by atoms with van der Waals surface area (Å²) in [6.07, 6.45) is 3.41. The SMILES string of the molecule is CC1(C)CC(NC(=O)c2cccc(-n3cncn3)n2)c2cc(F)ccc2O1. The van der Waals surface area contributed by atoms with Crippen LogP contribution in [-0.4, -0.2) is 31.3 Å². The lowest BCUT2D eigenvalue weighted by atomic mass is 9.89. The lowest BCUT2D eigenvalue weighted by Gasteiger charge is -2.37. The topological polar surface area (TPSA) is 81.9 Å². The Labute approximate surface area is 155 Å². The maximum Gasteiger partial charge on any atom is 0.270 e. The minimum Gasteiger partial charge on any atom is -0.487 e. The minimum atomic E-state index is -0.487. The van der Waals surface area contributed by atoms with Gasteiger partial charge in [-0.25, -0.2) is 19.0 Å². The van der Waals surface area contributed by atoms with E-state index < -0.39 is 5.60 Å². The van der Waals surface area contributed by atoms with Crippen molar-refractivity contribution in [2.24, 2.45) is 0 Å². The summed E-state index contributed by atoms with van der Waals surface area (Å²) in [5, 5.41) is 6.97. The van der Waals surface area contributed by atoms with Gasteiger partial charge in [-0.15, -0.1) is 0 Å². The summed E-state index contributed by atoms with van der Waals surface area (Å²) in [5.41, 5.74) is 0.374. The number of pyridine rings is 1. The van der Waals surface area contributed by atoms with Gasteiger partial charge in [0.2, 0.25) is 0 Å². The van der Waals surface area contributed by atoms with Gasteiger partial charge >= 0.3 is 0 Å². The number of ether oxygens (including phenoxy) is 1. The fraction of sp³-hybridized carbons (Fsp3) is 0.263. The molecule has 0 radical (unpaired) electrons. The molecule has 0 saturated carbocycles. The molecule has 0 bridgehead atoms. The highest BCUT2D eigenvalue weighted by Crippen LogP contribution is 2.39. The van der Waals surface area contributed by atoms with E-state index in [0.717, 1.165) is 0 Å². The Hall–Kier alpha value is -3.29. The average Bonchev–Trinajstić information content (AvgIpc) is 3.16. The lowest BCUT2D eigenvalue weighted by Crippen LogP contribution is -2.41. The van der Waals surface area contributed by atoms with Crippen LogP contribution in [0.5, 0.6) is 5.75 Å². The molecule has 1 N–H and O–H groups in total. The molecule has 0 aliphatic carbocycles. The number of hydrogen-bond donors (Lipinski definition) is 1. The van der Waals surface area contributed by atoms with Crippen LogP contribution < -0.4 is 10.1 Å². The second-order valence-corrected chi connectivity index (χ2v) is 7.00. The number of carbonyl (C=O) groups is 1. The van der Waals surface area contributed by atoms with Crippen LogP contribution in [0, 0.1) is 5.82 Å². The zero-order valence-corrected chi connectivity index (χ0v) is 14.9. The summed E-state index contributed by atoms with van der Waals surface area (Å²) in [7, 11) is 0. The third-order valence-electron chi connectivity index (χ3n) is 4.36. The maximum atomic E-state index is 13.7. The third kappa shape index (κ3) is 3.51. The van der Waals surface area contributed by atoms with Crippen molar-refractivity contribution in [1.29, 1.82) is 0 Å². The molecule has 7 nitrogen and oxygen atoms in total. The fourth-order valence-corrected chi connectivity index (χ4v) is 3.19. The van der Waals surface area contributed by atoms with Crippen molar-refractivity contribution < 1.29 is 13.9 Å². The molecule has 0 fully saturated rings. The van der Waals surface area contributed by atoms with Gasteiger partial charge in [0, 0.05) is 12.0 Å². The normalized spacial score (nSPS) is 17.7. The number of halogens is 1. The Morgan fingerprint density at radius 3 is 2.96 bits per heavy atom. The number of hydrogen-bond acceptors (Lipinski definition) is 5. The van der Waals surface area contributed by atoms with Crippen molar-refractivity contribution in [3.8, 4) is 11.6 Å². The van der Waals surface area contributed by atoms with Crippen molar-refractivity contribution in [3.63, 3.8) is 0 Å². The fourth-order valence-electron chi connectivity index (χ4n) is 3.19. The molecule has 1 amide bonds. The summed E-state index contributed by atoms with van der Waals surface area (Å²) in [5.74, 6) is 0.332. The smallest absolute Gasteiger partial charge is 0.270 e. The van der Waals surface area contributed by atoms with Crippen LogP contribution in [0.15, 0.2) is 49.1 Å². The highest BCUT2D eigenvalue weighted by molar-refractivity contribution is 5.92. The number of nitrogens with zero attached hydrogens (tertiary/aromatic N) is 4. The number of amides is 1. The number of fused-ring (bicyclic) bond motifs is 1. The van der Waals surface area contributed by atoms with Gasteiger partial charge in [-0.1, -0.05) is 6.07 Å². The van der Waals surface area contributed by atoms with Crippen molar-refractivity contribution in [2.45, 2.75) is 31.9 Å². The second-order valence-electron chi connectivity index (χ2n) is 7.00. The van der Waals surface area contributed by atoms with E-state index >= 15 is 0 Å². The zero-order chi connectivity index (χ0) is 19.0. The molecule has 1 aliphatic heterocycles. The molecule has 27 heavy (non-hydrogen) atoms. The number of carbonyl (C=O) groups excluding carboxylic acids is 1. The molecule has 3 heterocycles. The Morgan fingerprint density at radius 1 is 1.33 bits per heavy atom. The van der Waals surface area contributed by atoms with Gasteiger partial charge in [0.1, 0.15) is 35.5 Å². The molecule has 1 aromatic carbocycles. The van der Waals surface area contributed by atoms with Gasteiger partial charge in [0.15, 0.2) is 5.82 Å². The molecule has 3 aromatic rings. The third-order valence-corrected chi connectivity index (χ3v) is 4.36. The van der Waals surface area contributed by atoms with Crippen molar-refractivity contribution in [3.05, 3.63) is 66.1 Å². The highest BCUT2D eigenvalue weighted by Gasteiger charge is 2.35. The molecule has 1 aliphatic rings. The van der Waals surface area contributed by atoms with E-state index in [-0.39, 0.29) is 23.5 Å². The van der Waals surface area contributed by atoms with E-state index in [0.29, 0.717) is 23.6 Å². The number of aromatic nitrogens is 4. The standard InChI is InChI=1S/C19H18FN5O2/c1-19(2)9-15(13-8-12(20)6-7-16(13)27-19)24-18(26)14-4-3-5-17(23-14)25-11-21-10-22-25/h3-8,10-11,15H,9H2,1-2H3,(H,24,26). The number of benzene rings is 1. The molecule has 1 atom stereocenters. The average molecular weight is 367 g/mol. The predicted molar refractivity (Wildman–Crippen MR) is 95.1 cm³/mol. The summed E-state index contributed by atoms with van der Waals surface area (Å²) in [6, 6.07) is 9.02. The molecule has 0 saturated heterocycles. The van der Waals surface area contributed by atoms with E-state index in [1.54, 1.807) is 24.3 Å². The highest BCUT2D eigenvalue weighted by atomic mass is 19.1. The van der Waals surface area contributed by atoms with Crippen molar-refractivity contribution in [2.75, 3.05) is 0 Å². The first-order valence-corrected chi connectivity index (χ1v) is 8.53. The molecule has 0 spiro atoms. The van der Waals surface area contributed by atoms with E-state index in [4.69, 9.17) is 4.74 Å². The molecule has 2 aromatic heterocycles. The molecule has 1 unspecified atom stereocenters. The van der Waals surface area contributed by atoms with E-state index in [2.05, 4.69) is 20.4 Å². The number of nitrogens with one attached hydrogen (secondary N) is 1. The first-order valence-electron chi connectivity index (χ1n) is 8.53. The summed E-state index contributed by atoms with van der Waals surface area (Å²) in [4.78, 5) is 21.0. The molecular weight excluding hydrogens is 349 g/mol. The zero-order valence-electron chi connectivity index (χ0n) is 14.9. The van der Waals surface area contributed by atoms with Crippen LogP contribution in [0.25, 0.3) is 5.82 Å². The Balaban J connectivity index is 1.62. The summed E-state index contributed by atoms with van der Waals surface area (Å²) >= 11 is 0. The van der Waals surface area contributed by atoms with Crippen LogP contribution in [0.1, 0.15) is 42.4 Å². The minimum absolute atomic E-state index is 0.241. The van der Waals surface area contributed by atoms with Gasteiger partial charge in [0.05, 0.1) is 6.04 Å². The maximum absolute atomic E-state index is 13.7. The van der Waals surface area contributed by atoms with Crippen molar-refractivity contribution >= 4 is 5.91 Å². The molecule has 138 valence electrons. The first kappa shape index (κ1) is 17.1. The van der Waals surface area contributed by atoms with Gasteiger partial charge in [-0.2, -0.15) is 5.10 Å². The van der Waals surface area contributed by atoms with E-state index in [9.17, 15) is 9.18 Å². The largest absolute Gasteiger partial charge is 0.487 e. The predicted octanol–water partition coefficient (Wildman–Crippen LogP) is 2.83. The second kappa shape index (κ2) is 6.46. The van der Waals surface area contributed by atoms with Gasteiger partial charge in [0.25, 0.3) is 5.91 Å². The first-order chi connectivity index (χ1) is 12.9. The van der Waals surface area contributed by atoms with Crippen molar-refractivity contribution in [1.82, 2.24) is 25.1 Å². The summed E-state index contributed by atoms with van der Waals surface area (Å²) < 4.78 is 21.1. The van der Waals surface area contributed by atoms with Gasteiger partial charge < -0.3 is 10.1 Å². The molecule has 8 heteroatoms. The number of rotatable bonds is 3. The quantitative estimate of drug-likeness (QED) is 0.770. The van der Waals surface area contributed by atoms with E-state index in [1.807, 2.05) is 13.8 Å². The Morgan fingerprint density at radius 2 is 2.19 bits per heavy atom.